The molecule has 2 N–H and O–H groups in total. The number of carbonyl (C=O) groups is 1. The van der Waals surface area contributed by atoms with Crippen LogP contribution in [0.1, 0.15) is 6.42 Å². The minimum atomic E-state index is -3.28. The third kappa shape index (κ3) is 1.09. The molecular formula is C5H7F2NO2. The summed E-state index contributed by atoms with van der Waals surface area (Å²) in [6.07, 6.45) is -0.595. The molecule has 58 valence electrons. The van der Waals surface area contributed by atoms with Crippen molar-refractivity contribution in [3.8, 4) is 0 Å². The summed E-state index contributed by atoms with van der Waals surface area (Å²) in [7, 11) is 0. The number of aliphatic hydroxyl groups excluding tert-OH is 1. The number of hydrogen-bond acceptors (Lipinski definition) is 2. The molecule has 0 saturated carbocycles. The number of halogens is 2. The number of rotatable bonds is 1. The van der Waals surface area contributed by atoms with Gasteiger partial charge in [0.2, 0.25) is 0 Å². The lowest BCUT2D eigenvalue weighted by molar-refractivity contribution is -0.139. The van der Waals surface area contributed by atoms with E-state index < -0.39 is 30.9 Å². The minimum Gasteiger partial charge on any atom is -0.394 e. The van der Waals surface area contributed by atoms with Gasteiger partial charge in [0.25, 0.3) is 5.91 Å². The Morgan fingerprint density at radius 1 is 1.80 bits per heavy atom. The lowest BCUT2D eigenvalue weighted by Crippen LogP contribution is -2.31. The minimum absolute atomic E-state index is 0.429. The Bertz CT molecular complexity index is 160. The molecule has 0 aromatic rings. The summed E-state index contributed by atoms with van der Waals surface area (Å²) >= 11 is 0. The molecule has 0 bridgehead atoms. The van der Waals surface area contributed by atoms with Crippen LogP contribution in [0.2, 0.25) is 0 Å². The third-order valence-corrected chi connectivity index (χ3v) is 1.39. The standard InChI is InChI=1S/C5H7F2NO2/c6-5(7)1-3(2-9)8-4(5)10/h3,9H,1-2H2,(H,8,10)/t3-/m1/s1. The summed E-state index contributed by atoms with van der Waals surface area (Å²) in [6, 6.07) is -0.775. The van der Waals surface area contributed by atoms with Crippen LogP contribution in [0.25, 0.3) is 0 Å². The number of nitrogens with one attached hydrogen (secondary N) is 1. The molecule has 0 unspecified atom stereocenters. The maximum absolute atomic E-state index is 12.3. The van der Waals surface area contributed by atoms with Crippen LogP contribution in [0.4, 0.5) is 8.78 Å². The first-order chi connectivity index (χ1) is 4.56. The second kappa shape index (κ2) is 2.16. The Labute approximate surface area is 56.0 Å². The van der Waals surface area contributed by atoms with E-state index in [0.717, 1.165) is 0 Å². The average molecular weight is 151 g/mol. The first-order valence-electron chi connectivity index (χ1n) is 2.86. The number of amides is 1. The Morgan fingerprint density at radius 2 is 2.40 bits per heavy atom. The van der Waals surface area contributed by atoms with Crippen molar-refractivity contribution in [2.75, 3.05) is 6.61 Å². The zero-order valence-corrected chi connectivity index (χ0v) is 5.10. The van der Waals surface area contributed by atoms with Gasteiger partial charge in [-0.1, -0.05) is 0 Å². The average Bonchev–Trinajstić information content (AvgIpc) is 2.08. The van der Waals surface area contributed by atoms with Gasteiger partial charge in [0.1, 0.15) is 0 Å². The second-order valence-corrected chi connectivity index (χ2v) is 2.26. The zero-order valence-electron chi connectivity index (χ0n) is 5.10. The van der Waals surface area contributed by atoms with Gasteiger partial charge in [-0.25, -0.2) is 0 Å². The molecule has 1 saturated heterocycles. The van der Waals surface area contributed by atoms with Crippen molar-refractivity contribution in [1.82, 2.24) is 5.32 Å². The molecule has 3 nitrogen and oxygen atoms in total. The molecule has 0 aromatic carbocycles. The highest BCUT2D eigenvalue weighted by molar-refractivity contribution is 5.85. The third-order valence-electron chi connectivity index (χ3n) is 1.39. The van der Waals surface area contributed by atoms with Gasteiger partial charge in [-0.05, 0) is 0 Å². The zero-order chi connectivity index (χ0) is 7.78. The van der Waals surface area contributed by atoms with Crippen molar-refractivity contribution in [2.24, 2.45) is 0 Å². The van der Waals surface area contributed by atoms with Crippen LogP contribution in [-0.2, 0) is 4.79 Å². The van der Waals surface area contributed by atoms with Gasteiger partial charge in [-0.3, -0.25) is 4.79 Å². The van der Waals surface area contributed by atoms with Crippen molar-refractivity contribution in [3.05, 3.63) is 0 Å². The Morgan fingerprint density at radius 3 is 2.60 bits per heavy atom. The number of carbonyl (C=O) groups excluding carboxylic acids is 1. The maximum atomic E-state index is 12.3. The summed E-state index contributed by atoms with van der Waals surface area (Å²) in [5, 5.41) is 10.3. The van der Waals surface area contributed by atoms with Crippen LogP contribution in [0.15, 0.2) is 0 Å². The fourth-order valence-corrected chi connectivity index (χ4v) is 0.854. The maximum Gasteiger partial charge on any atom is 0.326 e. The quantitative estimate of drug-likeness (QED) is 0.531. The molecule has 1 atom stereocenters. The van der Waals surface area contributed by atoms with E-state index in [1.165, 1.54) is 0 Å². The lowest BCUT2D eigenvalue weighted by atomic mass is 10.2. The van der Waals surface area contributed by atoms with Gasteiger partial charge in [0.15, 0.2) is 0 Å². The molecule has 1 rings (SSSR count). The Hall–Kier alpha value is -0.710. The van der Waals surface area contributed by atoms with Gasteiger partial charge >= 0.3 is 5.92 Å². The predicted molar refractivity (Wildman–Crippen MR) is 28.6 cm³/mol. The Balaban J connectivity index is 2.62. The lowest BCUT2D eigenvalue weighted by Gasteiger charge is -2.02. The fraction of sp³-hybridized carbons (Fsp3) is 0.800. The summed E-state index contributed by atoms with van der Waals surface area (Å²) in [6.45, 7) is -0.429. The van der Waals surface area contributed by atoms with Gasteiger partial charge in [0, 0.05) is 6.42 Å². The first kappa shape index (κ1) is 7.40. The van der Waals surface area contributed by atoms with Crippen LogP contribution in [0, 0.1) is 0 Å². The van der Waals surface area contributed by atoms with Crippen molar-refractivity contribution in [2.45, 2.75) is 18.4 Å². The predicted octanol–water partition coefficient (Wildman–Crippen LogP) is -0.498. The normalized spacial score (nSPS) is 30.3. The van der Waals surface area contributed by atoms with Crippen LogP contribution < -0.4 is 5.32 Å². The fourth-order valence-electron chi connectivity index (χ4n) is 0.854. The molecule has 1 amide bonds. The van der Waals surface area contributed by atoms with E-state index >= 15 is 0 Å². The molecule has 1 aliphatic heterocycles. The smallest absolute Gasteiger partial charge is 0.326 e. The van der Waals surface area contributed by atoms with Crippen LogP contribution in [-0.4, -0.2) is 29.6 Å². The topological polar surface area (TPSA) is 49.3 Å². The van der Waals surface area contributed by atoms with Crippen LogP contribution >= 0.6 is 0 Å². The summed E-state index contributed by atoms with van der Waals surface area (Å²) in [4.78, 5) is 10.3. The monoisotopic (exact) mass is 151 g/mol. The highest BCUT2D eigenvalue weighted by Crippen LogP contribution is 2.25. The van der Waals surface area contributed by atoms with Crippen molar-refractivity contribution in [3.63, 3.8) is 0 Å². The molecule has 0 spiro atoms. The van der Waals surface area contributed by atoms with E-state index in [2.05, 4.69) is 0 Å². The largest absolute Gasteiger partial charge is 0.394 e. The molecule has 1 heterocycles. The van der Waals surface area contributed by atoms with Gasteiger partial charge in [0.05, 0.1) is 12.6 Å². The SMILES string of the molecule is O=C1N[C@@H](CO)CC1(F)F. The molecule has 1 aliphatic rings. The Kier molecular flexibility index (Phi) is 1.60. The molecule has 0 aromatic heterocycles. The second-order valence-electron chi connectivity index (χ2n) is 2.26. The van der Waals surface area contributed by atoms with Gasteiger partial charge in [-0.2, -0.15) is 8.78 Å². The number of alkyl halides is 2. The number of hydrogen-bond donors (Lipinski definition) is 2. The summed E-state index contributed by atoms with van der Waals surface area (Å²) in [5.74, 6) is -4.57. The van der Waals surface area contributed by atoms with E-state index in [4.69, 9.17) is 5.11 Å². The molecule has 0 radical (unpaired) electrons. The van der Waals surface area contributed by atoms with E-state index in [1.807, 2.05) is 5.32 Å². The van der Waals surface area contributed by atoms with Crippen LogP contribution in [0.3, 0.4) is 0 Å². The van der Waals surface area contributed by atoms with E-state index in [9.17, 15) is 13.6 Å². The summed E-state index contributed by atoms with van der Waals surface area (Å²) < 4.78 is 24.5. The van der Waals surface area contributed by atoms with Crippen molar-refractivity contribution in [1.29, 1.82) is 0 Å². The highest BCUT2D eigenvalue weighted by Gasteiger charge is 2.47. The molecule has 10 heavy (non-hydrogen) atoms. The van der Waals surface area contributed by atoms with E-state index in [-0.39, 0.29) is 0 Å². The number of aliphatic hydroxyl groups is 1. The van der Waals surface area contributed by atoms with E-state index in [1.54, 1.807) is 0 Å². The van der Waals surface area contributed by atoms with Crippen molar-refractivity contribution < 1.29 is 18.7 Å². The summed E-state index contributed by atoms with van der Waals surface area (Å²) in [5.41, 5.74) is 0. The van der Waals surface area contributed by atoms with Gasteiger partial charge < -0.3 is 10.4 Å². The van der Waals surface area contributed by atoms with Crippen molar-refractivity contribution >= 4 is 5.91 Å². The molecule has 1 fully saturated rings. The molecule has 0 aliphatic carbocycles. The molecular weight excluding hydrogens is 144 g/mol. The van der Waals surface area contributed by atoms with E-state index in [0.29, 0.717) is 0 Å². The van der Waals surface area contributed by atoms with Gasteiger partial charge in [-0.15, -0.1) is 0 Å². The molecule has 5 heteroatoms. The highest BCUT2D eigenvalue weighted by atomic mass is 19.3. The van der Waals surface area contributed by atoms with Crippen LogP contribution in [0.5, 0.6) is 0 Å². The first-order valence-corrected chi connectivity index (χ1v) is 2.86.